The number of ether oxygens (including phenoxy) is 1. The maximum absolute atomic E-state index is 10.8. The average Bonchev–Trinajstić information content (AvgIpc) is 3.35. The van der Waals surface area contributed by atoms with Crippen LogP contribution >= 0.6 is 0 Å². The first kappa shape index (κ1) is 23.9. The number of phenols is 1. The van der Waals surface area contributed by atoms with Gasteiger partial charge in [-0.2, -0.15) is 0 Å². The molecule has 164 valence electrons. The van der Waals surface area contributed by atoms with Crippen molar-refractivity contribution in [1.29, 1.82) is 0 Å². The fourth-order valence-corrected chi connectivity index (χ4v) is 3.99. The predicted molar refractivity (Wildman–Crippen MR) is 121 cm³/mol. The highest BCUT2D eigenvalue weighted by Gasteiger charge is 2.31. The number of benzene rings is 2. The highest BCUT2D eigenvalue weighted by molar-refractivity contribution is 5.94. The van der Waals surface area contributed by atoms with Gasteiger partial charge in [-0.3, -0.25) is 9.69 Å². The number of hydrogen-bond acceptors (Lipinski definition) is 5. The number of nitrogens with zero attached hydrogens (tertiary/aromatic N) is 1. The van der Waals surface area contributed by atoms with Crippen LogP contribution in [0.5, 0.6) is 11.5 Å². The Kier molecular flexibility index (Phi) is 8.88. The lowest BCUT2D eigenvalue weighted by atomic mass is 10.1. The molecule has 2 unspecified atom stereocenters. The quantitative estimate of drug-likeness (QED) is 0.740. The number of aliphatic hydroxyl groups is 1. The molecular weight excluding hydrogens is 378 g/mol. The molecule has 0 spiro atoms. The van der Waals surface area contributed by atoms with Crippen LogP contribution < -0.4 is 4.74 Å². The number of fused-ring (bicyclic) bond motifs is 1. The maximum atomic E-state index is 10.8. The van der Waals surface area contributed by atoms with Gasteiger partial charge in [0.2, 0.25) is 0 Å². The second-order valence-corrected chi connectivity index (χ2v) is 7.71. The van der Waals surface area contributed by atoms with Crippen molar-refractivity contribution in [2.75, 3.05) is 20.2 Å². The van der Waals surface area contributed by atoms with E-state index >= 15 is 0 Å². The van der Waals surface area contributed by atoms with Crippen LogP contribution in [-0.2, 0) is 12.8 Å². The van der Waals surface area contributed by atoms with E-state index in [-0.39, 0.29) is 17.6 Å². The highest BCUT2D eigenvalue weighted by Crippen LogP contribution is 2.28. The summed E-state index contributed by atoms with van der Waals surface area (Å²) < 4.78 is 4.82. The molecule has 2 aromatic rings. The monoisotopic (exact) mass is 413 g/mol. The van der Waals surface area contributed by atoms with E-state index in [4.69, 9.17) is 4.74 Å². The number of aliphatic hydroxyl groups excluding tert-OH is 1. The molecule has 5 nitrogen and oxygen atoms in total. The number of methoxy groups -OCH3 is 1. The molecule has 5 heteroatoms. The standard InChI is InChI=1S/C14H19NO.C9H10O3.C2H6/c1-10-2-3-11-7-13(8-12(11)6-10)15-5-4-14(16)9-15;1-6(10)7-3-4-9(12-2)8(11)5-7;1-2/h2-3,6,13-14,16H,4-5,7-9H2,1H3;3-5,11H,1-2H3;1-2H3. The van der Waals surface area contributed by atoms with Crippen LogP contribution in [-0.4, -0.2) is 53.2 Å². The summed E-state index contributed by atoms with van der Waals surface area (Å²) in [6, 6.07) is 12.0. The molecule has 30 heavy (non-hydrogen) atoms. The summed E-state index contributed by atoms with van der Waals surface area (Å²) in [6.45, 7) is 9.55. The summed E-state index contributed by atoms with van der Waals surface area (Å²) in [6.07, 6.45) is 3.20. The third-order valence-corrected chi connectivity index (χ3v) is 5.57. The number of hydrogen-bond donors (Lipinski definition) is 2. The Morgan fingerprint density at radius 3 is 2.37 bits per heavy atom. The van der Waals surface area contributed by atoms with Crippen molar-refractivity contribution < 1.29 is 19.7 Å². The second kappa shape index (κ2) is 11.1. The van der Waals surface area contributed by atoms with Crippen LogP contribution in [0.3, 0.4) is 0 Å². The molecule has 4 rings (SSSR count). The van der Waals surface area contributed by atoms with Crippen molar-refractivity contribution in [3.05, 3.63) is 58.7 Å². The molecule has 1 fully saturated rings. The summed E-state index contributed by atoms with van der Waals surface area (Å²) in [7, 11) is 1.46. The van der Waals surface area contributed by atoms with Crippen molar-refractivity contribution in [2.45, 2.75) is 59.1 Å². The van der Waals surface area contributed by atoms with E-state index in [2.05, 4.69) is 30.0 Å². The fourth-order valence-electron chi connectivity index (χ4n) is 3.99. The van der Waals surface area contributed by atoms with Crippen molar-refractivity contribution in [3.8, 4) is 11.5 Å². The van der Waals surface area contributed by atoms with Crippen LogP contribution in [0.15, 0.2) is 36.4 Å². The van der Waals surface area contributed by atoms with Gasteiger partial charge in [-0.05, 0) is 62.4 Å². The minimum atomic E-state index is -0.0922. The number of carbonyl (C=O) groups is 1. The van der Waals surface area contributed by atoms with Crippen LogP contribution in [0.1, 0.15) is 54.2 Å². The van der Waals surface area contributed by atoms with E-state index in [1.165, 1.54) is 49.6 Å². The predicted octanol–water partition coefficient (Wildman–Crippen LogP) is 4.16. The van der Waals surface area contributed by atoms with Gasteiger partial charge in [-0.25, -0.2) is 0 Å². The summed E-state index contributed by atoms with van der Waals surface area (Å²) in [5, 5.41) is 18.8. The largest absolute Gasteiger partial charge is 0.504 e. The molecule has 2 atom stereocenters. The van der Waals surface area contributed by atoms with Gasteiger partial charge in [0.25, 0.3) is 0 Å². The molecular formula is C25H35NO4. The first-order chi connectivity index (χ1) is 14.4. The smallest absolute Gasteiger partial charge is 0.160 e. The Bertz CT molecular complexity index is 849. The topological polar surface area (TPSA) is 70.0 Å². The number of phenolic OH excluding ortho intramolecular Hbond substituents is 1. The number of β-amino-alcohol motifs (C(OH)–C–C–N with tert-alkyl or cyclic N) is 1. The van der Waals surface area contributed by atoms with Gasteiger partial charge in [0, 0.05) is 24.7 Å². The SMILES string of the molecule is CC.COc1ccc(C(C)=O)cc1O.Cc1ccc2c(c1)CC(N1CCC(O)C1)C2. The zero-order valence-electron chi connectivity index (χ0n) is 18.8. The van der Waals surface area contributed by atoms with Crippen molar-refractivity contribution >= 4 is 5.78 Å². The molecule has 2 aliphatic rings. The minimum absolute atomic E-state index is 0.00907. The molecule has 2 N–H and O–H groups in total. The van der Waals surface area contributed by atoms with Gasteiger partial charge in [-0.1, -0.05) is 37.6 Å². The van der Waals surface area contributed by atoms with Crippen LogP contribution in [0.25, 0.3) is 0 Å². The molecule has 1 heterocycles. The van der Waals surface area contributed by atoms with Crippen molar-refractivity contribution in [2.24, 2.45) is 0 Å². The van der Waals surface area contributed by atoms with Gasteiger partial charge in [0.1, 0.15) is 0 Å². The van der Waals surface area contributed by atoms with Crippen molar-refractivity contribution in [3.63, 3.8) is 0 Å². The first-order valence-electron chi connectivity index (χ1n) is 10.8. The van der Waals surface area contributed by atoms with E-state index in [0.29, 0.717) is 17.4 Å². The van der Waals surface area contributed by atoms with Gasteiger partial charge in [-0.15, -0.1) is 0 Å². The van der Waals surface area contributed by atoms with E-state index in [1.54, 1.807) is 12.1 Å². The Morgan fingerprint density at radius 1 is 1.10 bits per heavy atom. The summed E-state index contributed by atoms with van der Waals surface area (Å²) in [4.78, 5) is 13.3. The molecule has 0 amide bonds. The zero-order chi connectivity index (χ0) is 22.3. The molecule has 1 aliphatic heterocycles. The summed E-state index contributed by atoms with van der Waals surface area (Å²) >= 11 is 0. The van der Waals surface area contributed by atoms with E-state index in [9.17, 15) is 15.0 Å². The summed E-state index contributed by atoms with van der Waals surface area (Å²) in [5.41, 5.74) is 4.87. The molecule has 0 aromatic heterocycles. The Hall–Kier alpha value is -2.37. The number of likely N-dealkylation sites (tertiary alicyclic amines) is 1. The lowest BCUT2D eigenvalue weighted by molar-refractivity contribution is 0.101. The minimum Gasteiger partial charge on any atom is -0.504 e. The normalized spacial score (nSPS) is 19.8. The maximum Gasteiger partial charge on any atom is 0.160 e. The van der Waals surface area contributed by atoms with E-state index in [1.807, 2.05) is 13.8 Å². The molecule has 0 radical (unpaired) electrons. The number of rotatable bonds is 3. The highest BCUT2D eigenvalue weighted by atomic mass is 16.5. The number of Topliss-reactive ketones (excluding diaryl/α,β-unsaturated/α-hetero) is 1. The lowest BCUT2D eigenvalue weighted by Crippen LogP contribution is -2.34. The molecule has 1 saturated heterocycles. The van der Waals surface area contributed by atoms with Crippen LogP contribution in [0.4, 0.5) is 0 Å². The number of aryl methyl sites for hydroxylation is 1. The Balaban J connectivity index is 0.000000205. The number of aromatic hydroxyl groups is 1. The third-order valence-electron chi connectivity index (χ3n) is 5.57. The molecule has 0 saturated carbocycles. The van der Waals surface area contributed by atoms with E-state index in [0.717, 1.165) is 19.5 Å². The molecule has 0 bridgehead atoms. The van der Waals surface area contributed by atoms with Crippen LogP contribution in [0, 0.1) is 6.92 Å². The second-order valence-electron chi connectivity index (χ2n) is 7.71. The molecule has 2 aromatic carbocycles. The number of carbonyl (C=O) groups excluding carboxylic acids is 1. The first-order valence-corrected chi connectivity index (χ1v) is 10.8. The van der Waals surface area contributed by atoms with Gasteiger partial charge >= 0.3 is 0 Å². The third kappa shape index (κ3) is 6.07. The van der Waals surface area contributed by atoms with Gasteiger partial charge < -0.3 is 14.9 Å². The lowest BCUT2D eigenvalue weighted by Gasteiger charge is -2.22. The van der Waals surface area contributed by atoms with Crippen LogP contribution in [0.2, 0.25) is 0 Å². The van der Waals surface area contributed by atoms with Gasteiger partial charge in [0.15, 0.2) is 17.3 Å². The molecule has 1 aliphatic carbocycles. The Labute approximate surface area is 180 Å². The summed E-state index contributed by atoms with van der Waals surface area (Å²) in [5.74, 6) is 0.290. The van der Waals surface area contributed by atoms with Gasteiger partial charge in [0.05, 0.1) is 13.2 Å². The number of ketones is 1. The fraction of sp³-hybridized carbons (Fsp3) is 0.480. The van der Waals surface area contributed by atoms with E-state index < -0.39 is 0 Å². The average molecular weight is 414 g/mol. The van der Waals surface area contributed by atoms with Crippen molar-refractivity contribution in [1.82, 2.24) is 4.90 Å². The Morgan fingerprint density at radius 2 is 1.80 bits per heavy atom. The zero-order valence-corrected chi connectivity index (χ0v) is 18.8.